The second-order valence-corrected chi connectivity index (χ2v) is 7.11. The molecule has 7 nitrogen and oxygen atoms in total. The first kappa shape index (κ1) is 19.1. The maximum absolute atomic E-state index is 12.2. The van der Waals surface area contributed by atoms with Gasteiger partial charge in [-0.1, -0.05) is 12.1 Å². The minimum atomic E-state index is -0.917. The molecule has 7 heteroatoms. The van der Waals surface area contributed by atoms with Gasteiger partial charge in [0.15, 0.2) is 24.2 Å². The monoisotopic (exact) mass is 397 g/mol. The summed E-state index contributed by atoms with van der Waals surface area (Å²) in [6.07, 6.45) is 2.37. The molecule has 0 spiro atoms. The highest BCUT2D eigenvalue weighted by Gasteiger charge is 2.19. The van der Waals surface area contributed by atoms with Crippen LogP contribution in [0.15, 0.2) is 36.4 Å². The average molecular weight is 397 g/mol. The molecular weight excluding hydrogens is 374 g/mol. The Hall–Kier alpha value is -3.22. The number of esters is 1. The van der Waals surface area contributed by atoms with Gasteiger partial charge in [0.05, 0.1) is 0 Å². The fraction of sp³-hybridized carbons (Fsp3) is 0.364. The van der Waals surface area contributed by atoms with Gasteiger partial charge in [0.1, 0.15) is 5.75 Å². The zero-order chi connectivity index (χ0) is 20.2. The van der Waals surface area contributed by atoms with Gasteiger partial charge in [-0.15, -0.1) is 0 Å². The van der Waals surface area contributed by atoms with Gasteiger partial charge in [0, 0.05) is 6.54 Å². The third-order valence-corrected chi connectivity index (χ3v) is 5.01. The average Bonchev–Trinajstić information content (AvgIpc) is 3.38. The van der Waals surface area contributed by atoms with Crippen molar-refractivity contribution in [1.29, 1.82) is 0 Å². The van der Waals surface area contributed by atoms with Crippen molar-refractivity contribution in [2.75, 3.05) is 13.4 Å². The van der Waals surface area contributed by atoms with Gasteiger partial charge in [0.2, 0.25) is 6.79 Å². The molecule has 0 radical (unpaired) electrons. The lowest BCUT2D eigenvalue weighted by atomic mass is 10.1. The standard InChI is InChI=1S/C22H23NO6/c1-14(22(25)23-11-15-5-8-19-20(9-15)28-13-27-19)29-21(24)12-26-18-7-6-16-3-2-4-17(16)10-18/h5-10,14H,2-4,11-13H2,1H3,(H,23,25)/t14-/m0/s1. The number of fused-ring (bicyclic) bond motifs is 2. The van der Waals surface area contributed by atoms with E-state index in [0.29, 0.717) is 23.8 Å². The molecule has 1 aliphatic carbocycles. The van der Waals surface area contributed by atoms with Crippen molar-refractivity contribution in [2.45, 2.75) is 38.8 Å². The van der Waals surface area contributed by atoms with Crippen LogP contribution in [0.5, 0.6) is 17.2 Å². The highest BCUT2D eigenvalue weighted by Crippen LogP contribution is 2.32. The van der Waals surface area contributed by atoms with Crippen LogP contribution in [0.25, 0.3) is 0 Å². The van der Waals surface area contributed by atoms with E-state index in [9.17, 15) is 9.59 Å². The Kier molecular flexibility index (Phi) is 5.55. The Morgan fingerprint density at radius 3 is 2.79 bits per heavy atom. The van der Waals surface area contributed by atoms with E-state index >= 15 is 0 Å². The predicted octanol–water partition coefficient (Wildman–Crippen LogP) is 2.53. The lowest BCUT2D eigenvalue weighted by Gasteiger charge is -2.14. The fourth-order valence-electron chi connectivity index (χ4n) is 3.45. The van der Waals surface area contributed by atoms with Crippen molar-refractivity contribution < 1.29 is 28.5 Å². The van der Waals surface area contributed by atoms with Crippen LogP contribution in [0.3, 0.4) is 0 Å². The Balaban J connectivity index is 1.21. The first-order chi connectivity index (χ1) is 14.1. The van der Waals surface area contributed by atoms with Crippen LogP contribution >= 0.6 is 0 Å². The number of benzene rings is 2. The van der Waals surface area contributed by atoms with E-state index in [1.807, 2.05) is 30.3 Å². The smallest absolute Gasteiger partial charge is 0.344 e. The molecule has 0 bridgehead atoms. The Morgan fingerprint density at radius 1 is 1.07 bits per heavy atom. The lowest BCUT2D eigenvalue weighted by Crippen LogP contribution is -2.36. The highest BCUT2D eigenvalue weighted by atomic mass is 16.7. The normalized spacial score (nSPS) is 14.8. The van der Waals surface area contributed by atoms with Gasteiger partial charge in [-0.05, 0) is 67.1 Å². The second-order valence-electron chi connectivity index (χ2n) is 7.11. The topological polar surface area (TPSA) is 83.1 Å². The number of carbonyl (C=O) groups excluding carboxylic acids is 2. The number of nitrogens with one attached hydrogen (secondary N) is 1. The largest absolute Gasteiger partial charge is 0.482 e. The summed E-state index contributed by atoms with van der Waals surface area (Å²) in [6.45, 7) is 1.79. The van der Waals surface area contributed by atoms with Crippen molar-refractivity contribution in [1.82, 2.24) is 5.32 Å². The van der Waals surface area contributed by atoms with Gasteiger partial charge in [-0.3, -0.25) is 4.79 Å². The minimum absolute atomic E-state index is 0.200. The molecule has 2 aliphatic rings. The molecule has 1 atom stereocenters. The molecule has 2 aromatic carbocycles. The number of rotatable bonds is 7. The van der Waals surface area contributed by atoms with E-state index in [2.05, 4.69) is 5.32 Å². The molecule has 29 heavy (non-hydrogen) atoms. The molecule has 1 aliphatic heterocycles. The first-order valence-electron chi connectivity index (χ1n) is 9.69. The molecule has 0 fully saturated rings. The molecule has 1 N–H and O–H groups in total. The van der Waals surface area contributed by atoms with Crippen molar-refractivity contribution in [3.8, 4) is 17.2 Å². The molecule has 1 heterocycles. The zero-order valence-electron chi connectivity index (χ0n) is 16.2. The number of hydrogen-bond donors (Lipinski definition) is 1. The molecule has 0 saturated heterocycles. The molecule has 4 rings (SSSR count). The lowest BCUT2D eigenvalue weighted by molar-refractivity contribution is -0.156. The summed E-state index contributed by atoms with van der Waals surface area (Å²) in [4.78, 5) is 24.2. The molecule has 0 saturated carbocycles. The number of carbonyl (C=O) groups is 2. The maximum atomic E-state index is 12.2. The molecule has 152 valence electrons. The first-order valence-corrected chi connectivity index (χ1v) is 9.69. The van der Waals surface area contributed by atoms with E-state index in [1.54, 1.807) is 6.07 Å². The summed E-state index contributed by atoms with van der Waals surface area (Å²) in [5.41, 5.74) is 3.47. The molecule has 0 aromatic heterocycles. The Bertz CT molecular complexity index is 926. The van der Waals surface area contributed by atoms with Crippen LogP contribution in [-0.2, 0) is 33.7 Å². The predicted molar refractivity (Wildman–Crippen MR) is 104 cm³/mol. The molecule has 1 amide bonds. The summed E-state index contributed by atoms with van der Waals surface area (Å²) < 4.78 is 21.3. The Morgan fingerprint density at radius 2 is 1.90 bits per heavy atom. The van der Waals surface area contributed by atoms with Crippen LogP contribution in [0, 0.1) is 0 Å². The summed E-state index contributed by atoms with van der Waals surface area (Å²) in [5, 5.41) is 2.74. The van der Waals surface area contributed by atoms with Crippen molar-refractivity contribution in [2.24, 2.45) is 0 Å². The van der Waals surface area contributed by atoms with E-state index in [-0.39, 0.29) is 19.3 Å². The van der Waals surface area contributed by atoms with Crippen molar-refractivity contribution in [3.05, 3.63) is 53.1 Å². The summed E-state index contributed by atoms with van der Waals surface area (Å²) in [6, 6.07) is 11.3. The minimum Gasteiger partial charge on any atom is -0.482 e. The summed E-state index contributed by atoms with van der Waals surface area (Å²) in [5.74, 6) is 1.01. The van der Waals surface area contributed by atoms with E-state index in [4.69, 9.17) is 18.9 Å². The SMILES string of the molecule is C[C@H](OC(=O)COc1ccc2c(c1)CCC2)C(=O)NCc1ccc2c(c1)OCO2. The molecular formula is C22H23NO6. The van der Waals surface area contributed by atoms with E-state index < -0.39 is 12.1 Å². The highest BCUT2D eigenvalue weighted by molar-refractivity contribution is 5.83. The quantitative estimate of drug-likeness (QED) is 0.723. The third kappa shape index (κ3) is 4.62. The summed E-state index contributed by atoms with van der Waals surface area (Å²) >= 11 is 0. The van der Waals surface area contributed by atoms with Gasteiger partial charge in [0.25, 0.3) is 5.91 Å². The van der Waals surface area contributed by atoms with E-state index in [1.165, 1.54) is 18.1 Å². The van der Waals surface area contributed by atoms with Gasteiger partial charge < -0.3 is 24.3 Å². The van der Waals surface area contributed by atoms with Crippen LogP contribution in [0.1, 0.15) is 30.0 Å². The zero-order valence-corrected chi connectivity index (χ0v) is 16.2. The van der Waals surface area contributed by atoms with Crippen LogP contribution in [0.2, 0.25) is 0 Å². The third-order valence-electron chi connectivity index (χ3n) is 5.01. The number of amides is 1. The van der Waals surface area contributed by atoms with Crippen LogP contribution in [-0.4, -0.2) is 31.4 Å². The van der Waals surface area contributed by atoms with Gasteiger partial charge in [-0.25, -0.2) is 4.79 Å². The Labute approximate surface area is 168 Å². The number of hydrogen-bond acceptors (Lipinski definition) is 6. The van der Waals surface area contributed by atoms with Gasteiger partial charge >= 0.3 is 5.97 Å². The van der Waals surface area contributed by atoms with Crippen molar-refractivity contribution >= 4 is 11.9 Å². The van der Waals surface area contributed by atoms with Crippen LogP contribution in [0.4, 0.5) is 0 Å². The fourth-order valence-corrected chi connectivity index (χ4v) is 3.45. The number of aryl methyl sites for hydroxylation is 2. The van der Waals surface area contributed by atoms with Gasteiger partial charge in [-0.2, -0.15) is 0 Å². The second kappa shape index (κ2) is 8.43. The molecule has 0 unspecified atom stereocenters. The number of ether oxygens (including phenoxy) is 4. The summed E-state index contributed by atoms with van der Waals surface area (Å²) in [7, 11) is 0. The van der Waals surface area contributed by atoms with Crippen molar-refractivity contribution in [3.63, 3.8) is 0 Å². The maximum Gasteiger partial charge on any atom is 0.344 e. The van der Waals surface area contributed by atoms with E-state index in [0.717, 1.165) is 24.8 Å². The van der Waals surface area contributed by atoms with Crippen LogP contribution < -0.4 is 19.5 Å². The molecule has 2 aromatic rings.